The average molecular weight is 273 g/mol. The minimum atomic E-state index is -0.112. The molecule has 96 valence electrons. The molecule has 2 N–H and O–H groups in total. The number of hydrogen-bond donors (Lipinski definition) is 1. The molecule has 4 heteroatoms. The Morgan fingerprint density at radius 1 is 1.05 bits per heavy atom. The number of anilines is 1. The van der Waals surface area contributed by atoms with Gasteiger partial charge in [-0.2, -0.15) is 0 Å². The van der Waals surface area contributed by atoms with E-state index >= 15 is 0 Å². The van der Waals surface area contributed by atoms with Crippen molar-refractivity contribution >= 4 is 23.2 Å². The highest BCUT2D eigenvalue weighted by Crippen LogP contribution is 2.28. The summed E-state index contributed by atoms with van der Waals surface area (Å²) in [6.07, 6.45) is 0. The minimum Gasteiger partial charge on any atom is -0.398 e. The number of carbonyl (C=O) groups excluding carboxylic acids is 1. The first kappa shape index (κ1) is 12.1. The highest BCUT2D eigenvalue weighted by Gasteiger charge is 2.26. The fourth-order valence-electron chi connectivity index (χ4n) is 2.40. The summed E-state index contributed by atoms with van der Waals surface area (Å²) in [6, 6.07) is 13.2. The molecule has 2 aromatic carbocycles. The Bertz CT molecular complexity index is 609. The van der Waals surface area contributed by atoms with Crippen LogP contribution in [0.3, 0.4) is 0 Å². The monoisotopic (exact) mass is 272 g/mol. The van der Waals surface area contributed by atoms with E-state index in [0.717, 1.165) is 0 Å². The van der Waals surface area contributed by atoms with Crippen molar-refractivity contribution in [2.45, 2.75) is 13.1 Å². The largest absolute Gasteiger partial charge is 0.398 e. The molecule has 0 radical (unpaired) electrons. The Hall–Kier alpha value is -2.00. The van der Waals surface area contributed by atoms with Crippen molar-refractivity contribution in [1.29, 1.82) is 0 Å². The van der Waals surface area contributed by atoms with E-state index in [0.29, 0.717) is 29.4 Å². The number of nitrogens with zero attached hydrogens (tertiary/aromatic N) is 1. The average Bonchev–Trinajstić information content (AvgIpc) is 2.82. The van der Waals surface area contributed by atoms with Gasteiger partial charge in [0.15, 0.2) is 0 Å². The van der Waals surface area contributed by atoms with Crippen LogP contribution in [-0.4, -0.2) is 10.8 Å². The lowest BCUT2D eigenvalue weighted by Gasteiger charge is -2.17. The number of halogens is 1. The van der Waals surface area contributed by atoms with Crippen LogP contribution in [-0.2, 0) is 13.1 Å². The van der Waals surface area contributed by atoms with Crippen LogP contribution in [0.1, 0.15) is 21.5 Å². The van der Waals surface area contributed by atoms with Crippen LogP contribution in [0.2, 0.25) is 5.02 Å². The number of carbonyl (C=O) groups is 1. The molecule has 3 rings (SSSR count). The van der Waals surface area contributed by atoms with Crippen LogP contribution in [0.15, 0.2) is 42.5 Å². The molecule has 19 heavy (non-hydrogen) atoms. The van der Waals surface area contributed by atoms with E-state index in [-0.39, 0.29) is 5.91 Å². The van der Waals surface area contributed by atoms with E-state index in [1.807, 2.05) is 24.3 Å². The molecular weight excluding hydrogens is 260 g/mol. The number of fused-ring (bicyclic) bond motifs is 1. The zero-order chi connectivity index (χ0) is 13.4. The van der Waals surface area contributed by atoms with Crippen LogP contribution in [0, 0.1) is 0 Å². The van der Waals surface area contributed by atoms with Crippen molar-refractivity contribution in [1.82, 2.24) is 4.90 Å². The maximum absolute atomic E-state index is 12.5. The van der Waals surface area contributed by atoms with Crippen molar-refractivity contribution in [3.05, 3.63) is 64.2 Å². The molecule has 2 aromatic rings. The Kier molecular flexibility index (Phi) is 2.91. The van der Waals surface area contributed by atoms with Crippen molar-refractivity contribution in [3.63, 3.8) is 0 Å². The summed E-state index contributed by atoms with van der Waals surface area (Å²) in [7, 11) is 0. The molecule has 0 spiro atoms. The van der Waals surface area contributed by atoms with E-state index in [1.165, 1.54) is 11.1 Å². The lowest BCUT2D eigenvalue weighted by atomic mass is 10.1. The zero-order valence-corrected chi connectivity index (χ0v) is 11.0. The van der Waals surface area contributed by atoms with Gasteiger partial charge < -0.3 is 10.6 Å². The van der Waals surface area contributed by atoms with Crippen molar-refractivity contribution in [2.24, 2.45) is 0 Å². The predicted octanol–water partition coefficient (Wildman–Crippen LogP) is 3.08. The Balaban J connectivity index is 1.92. The van der Waals surface area contributed by atoms with E-state index in [4.69, 9.17) is 17.3 Å². The van der Waals surface area contributed by atoms with Crippen molar-refractivity contribution < 1.29 is 4.79 Å². The molecule has 0 atom stereocenters. The predicted molar refractivity (Wildman–Crippen MR) is 75.9 cm³/mol. The van der Waals surface area contributed by atoms with Gasteiger partial charge in [-0.3, -0.25) is 4.79 Å². The maximum atomic E-state index is 12.5. The summed E-state index contributed by atoms with van der Waals surface area (Å²) in [5.74, 6) is -0.112. The van der Waals surface area contributed by atoms with Crippen LogP contribution in [0.25, 0.3) is 0 Å². The molecule has 0 fully saturated rings. The molecule has 1 heterocycles. The summed E-state index contributed by atoms with van der Waals surface area (Å²) in [5, 5.41) is 0.404. The lowest BCUT2D eigenvalue weighted by molar-refractivity contribution is 0.0752. The summed E-state index contributed by atoms with van der Waals surface area (Å²) in [5.41, 5.74) is 9.05. The number of benzene rings is 2. The summed E-state index contributed by atoms with van der Waals surface area (Å²) < 4.78 is 0. The maximum Gasteiger partial charge on any atom is 0.258 e. The zero-order valence-electron chi connectivity index (χ0n) is 10.3. The Labute approximate surface area is 116 Å². The molecule has 0 unspecified atom stereocenters. The second-order valence-corrected chi connectivity index (χ2v) is 5.04. The van der Waals surface area contributed by atoms with Gasteiger partial charge in [-0.05, 0) is 23.3 Å². The van der Waals surface area contributed by atoms with Gasteiger partial charge in [0.25, 0.3) is 5.91 Å². The van der Waals surface area contributed by atoms with E-state index in [9.17, 15) is 4.79 Å². The summed E-state index contributed by atoms with van der Waals surface area (Å²) in [4.78, 5) is 14.3. The van der Waals surface area contributed by atoms with Crippen LogP contribution >= 0.6 is 11.6 Å². The van der Waals surface area contributed by atoms with Gasteiger partial charge in [0.2, 0.25) is 0 Å². The molecule has 1 aliphatic heterocycles. The van der Waals surface area contributed by atoms with Gasteiger partial charge >= 0.3 is 0 Å². The Morgan fingerprint density at radius 2 is 1.68 bits per heavy atom. The second-order valence-electron chi connectivity index (χ2n) is 4.63. The molecule has 0 bridgehead atoms. The van der Waals surface area contributed by atoms with Crippen LogP contribution in [0.4, 0.5) is 5.69 Å². The molecule has 0 saturated carbocycles. The van der Waals surface area contributed by atoms with Gasteiger partial charge in [-0.15, -0.1) is 0 Å². The van der Waals surface area contributed by atoms with E-state index in [1.54, 1.807) is 23.1 Å². The molecule has 0 aliphatic carbocycles. The molecule has 3 nitrogen and oxygen atoms in total. The molecule has 0 aromatic heterocycles. The molecule has 0 saturated heterocycles. The third-order valence-corrected chi connectivity index (χ3v) is 3.70. The van der Waals surface area contributed by atoms with E-state index in [2.05, 4.69) is 0 Å². The third kappa shape index (κ3) is 2.06. The van der Waals surface area contributed by atoms with Crippen molar-refractivity contribution in [3.8, 4) is 0 Å². The smallest absolute Gasteiger partial charge is 0.258 e. The summed E-state index contributed by atoms with van der Waals surface area (Å²) >= 11 is 6.09. The van der Waals surface area contributed by atoms with Gasteiger partial charge in [-0.1, -0.05) is 41.9 Å². The fourth-order valence-corrected chi connectivity index (χ4v) is 2.66. The normalized spacial score (nSPS) is 13.4. The SMILES string of the molecule is Nc1cccc(Cl)c1C(=O)N1Cc2ccccc2C1. The first-order chi connectivity index (χ1) is 9.16. The first-order valence-corrected chi connectivity index (χ1v) is 6.44. The minimum absolute atomic E-state index is 0.112. The number of amides is 1. The summed E-state index contributed by atoms with van der Waals surface area (Å²) in [6.45, 7) is 1.22. The van der Waals surface area contributed by atoms with Gasteiger partial charge in [-0.25, -0.2) is 0 Å². The number of hydrogen-bond acceptors (Lipinski definition) is 2. The first-order valence-electron chi connectivity index (χ1n) is 6.07. The van der Waals surface area contributed by atoms with Gasteiger partial charge in [0.1, 0.15) is 0 Å². The Morgan fingerprint density at radius 3 is 2.26 bits per heavy atom. The topological polar surface area (TPSA) is 46.3 Å². The number of nitrogens with two attached hydrogens (primary N) is 1. The molecular formula is C15H13ClN2O. The fraction of sp³-hybridized carbons (Fsp3) is 0.133. The number of nitrogen functional groups attached to an aromatic ring is 1. The standard InChI is InChI=1S/C15H13ClN2O/c16-12-6-3-7-13(17)14(12)15(19)18-8-10-4-1-2-5-11(10)9-18/h1-7H,8-9,17H2. The quantitative estimate of drug-likeness (QED) is 0.811. The lowest BCUT2D eigenvalue weighted by Crippen LogP contribution is -2.26. The highest BCUT2D eigenvalue weighted by molar-refractivity contribution is 6.34. The number of rotatable bonds is 1. The van der Waals surface area contributed by atoms with Gasteiger partial charge in [0, 0.05) is 18.8 Å². The molecule has 1 amide bonds. The molecule has 1 aliphatic rings. The van der Waals surface area contributed by atoms with E-state index < -0.39 is 0 Å². The highest BCUT2D eigenvalue weighted by atomic mass is 35.5. The van der Waals surface area contributed by atoms with Crippen LogP contribution < -0.4 is 5.73 Å². The second kappa shape index (κ2) is 4.59. The van der Waals surface area contributed by atoms with Crippen LogP contribution in [0.5, 0.6) is 0 Å². The van der Waals surface area contributed by atoms with Crippen molar-refractivity contribution in [2.75, 3.05) is 5.73 Å². The van der Waals surface area contributed by atoms with Gasteiger partial charge in [0.05, 0.1) is 10.6 Å². The third-order valence-electron chi connectivity index (χ3n) is 3.39.